The predicted molar refractivity (Wildman–Crippen MR) is 70.0 cm³/mol. The number of non-ortho nitro benzene ring substituents is 1. The lowest BCUT2D eigenvalue weighted by Crippen LogP contribution is -2.28. The Kier molecular flexibility index (Phi) is 3.80. The number of ether oxygens (including phenoxy) is 1. The first-order chi connectivity index (χ1) is 8.97. The number of aryl methyl sites for hydroxylation is 1. The molecular weight excluding hydrogens is 248 g/mol. The molecule has 19 heavy (non-hydrogen) atoms. The van der Waals surface area contributed by atoms with Crippen molar-refractivity contribution in [3.8, 4) is 0 Å². The van der Waals surface area contributed by atoms with Gasteiger partial charge in [-0.1, -0.05) is 6.07 Å². The molecule has 0 saturated carbocycles. The van der Waals surface area contributed by atoms with Crippen molar-refractivity contribution in [1.82, 2.24) is 0 Å². The Morgan fingerprint density at radius 1 is 1.47 bits per heavy atom. The third-order valence-electron chi connectivity index (χ3n) is 3.21. The quantitative estimate of drug-likeness (QED) is 0.671. The Morgan fingerprint density at radius 2 is 2.21 bits per heavy atom. The summed E-state index contributed by atoms with van der Waals surface area (Å²) in [6.45, 7) is 3.71. The topological polar surface area (TPSA) is 81.5 Å². The SMILES string of the molecule is Cc1ccc([N+](=O)[O-])cc1NC(=O)C1CCC(C)O1. The number of nitrogens with one attached hydrogen (secondary N) is 1. The number of carbonyl (C=O) groups excluding carboxylic acids is 1. The van der Waals surface area contributed by atoms with Crippen molar-refractivity contribution in [1.29, 1.82) is 0 Å². The summed E-state index contributed by atoms with van der Waals surface area (Å²) in [6, 6.07) is 4.40. The van der Waals surface area contributed by atoms with Crippen LogP contribution in [0.15, 0.2) is 18.2 Å². The third kappa shape index (κ3) is 3.08. The number of rotatable bonds is 3. The molecule has 1 amide bonds. The van der Waals surface area contributed by atoms with Crippen LogP contribution in [-0.4, -0.2) is 23.0 Å². The Bertz CT molecular complexity index is 515. The van der Waals surface area contributed by atoms with Crippen LogP contribution in [-0.2, 0) is 9.53 Å². The number of amides is 1. The zero-order chi connectivity index (χ0) is 14.0. The summed E-state index contributed by atoms with van der Waals surface area (Å²) in [4.78, 5) is 22.2. The molecule has 2 unspecified atom stereocenters. The molecule has 0 spiro atoms. The first-order valence-electron chi connectivity index (χ1n) is 6.18. The Balaban J connectivity index is 2.12. The fourth-order valence-corrected chi connectivity index (χ4v) is 2.07. The van der Waals surface area contributed by atoms with E-state index in [1.807, 2.05) is 6.92 Å². The molecule has 1 N–H and O–H groups in total. The van der Waals surface area contributed by atoms with Gasteiger partial charge in [-0.3, -0.25) is 14.9 Å². The fourth-order valence-electron chi connectivity index (χ4n) is 2.07. The summed E-state index contributed by atoms with van der Waals surface area (Å²) in [7, 11) is 0. The van der Waals surface area contributed by atoms with Gasteiger partial charge in [0.1, 0.15) is 6.10 Å². The molecule has 1 aromatic carbocycles. The van der Waals surface area contributed by atoms with E-state index in [0.29, 0.717) is 12.1 Å². The summed E-state index contributed by atoms with van der Waals surface area (Å²) in [5.41, 5.74) is 1.20. The summed E-state index contributed by atoms with van der Waals surface area (Å²) < 4.78 is 5.47. The molecule has 1 heterocycles. The zero-order valence-electron chi connectivity index (χ0n) is 10.9. The average Bonchev–Trinajstić information content (AvgIpc) is 2.78. The molecular formula is C13H16N2O4. The number of benzene rings is 1. The third-order valence-corrected chi connectivity index (χ3v) is 3.21. The van der Waals surface area contributed by atoms with E-state index < -0.39 is 11.0 Å². The van der Waals surface area contributed by atoms with E-state index in [1.165, 1.54) is 12.1 Å². The summed E-state index contributed by atoms with van der Waals surface area (Å²) in [6.07, 6.45) is 1.16. The van der Waals surface area contributed by atoms with Crippen LogP contribution < -0.4 is 5.32 Å². The van der Waals surface area contributed by atoms with Crippen LogP contribution in [0.5, 0.6) is 0 Å². The normalized spacial score (nSPS) is 22.2. The van der Waals surface area contributed by atoms with Gasteiger partial charge >= 0.3 is 0 Å². The molecule has 1 aliphatic rings. The zero-order valence-corrected chi connectivity index (χ0v) is 10.9. The van der Waals surface area contributed by atoms with Gasteiger partial charge in [-0.25, -0.2) is 0 Å². The monoisotopic (exact) mass is 264 g/mol. The molecule has 1 aliphatic heterocycles. The van der Waals surface area contributed by atoms with E-state index in [1.54, 1.807) is 13.0 Å². The lowest BCUT2D eigenvalue weighted by atomic mass is 10.1. The molecule has 0 bridgehead atoms. The minimum atomic E-state index is -0.483. The summed E-state index contributed by atoms with van der Waals surface area (Å²) in [5.74, 6) is -0.243. The second kappa shape index (κ2) is 5.36. The maximum Gasteiger partial charge on any atom is 0.271 e. The molecule has 1 saturated heterocycles. The smallest absolute Gasteiger partial charge is 0.271 e. The molecule has 1 fully saturated rings. The van der Waals surface area contributed by atoms with Crippen molar-refractivity contribution in [2.75, 3.05) is 5.32 Å². The lowest BCUT2D eigenvalue weighted by molar-refractivity contribution is -0.384. The molecule has 0 aliphatic carbocycles. The van der Waals surface area contributed by atoms with Crippen molar-refractivity contribution in [3.63, 3.8) is 0 Å². The minimum absolute atomic E-state index is 0.0402. The fraction of sp³-hybridized carbons (Fsp3) is 0.462. The minimum Gasteiger partial charge on any atom is -0.365 e. The number of anilines is 1. The number of hydrogen-bond acceptors (Lipinski definition) is 4. The van der Waals surface area contributed by atoms with Gasteiger partial charge in [0.25, 0.3) is 11.6 Å². The maximum atomic E-state index is 12.0. The van der Waals surface area contributed by atoms with Gasteiger partial charge < -0.3 is 10.1 Å². The number of nitro groups is 1. The lowest BCUT2D eigenvalue weighted by Gasteiger charge is -2.13. The number of nitrogens with zero attached hydrogens (tertiary/aromatic N) is 1. The Hall–Kier alpha value is -1.95. The average molecular weight is 264 g/mol. The number of nitro benzene ring substituents is 1. The van der Waals surface area contributed by atoms with E-state index in [4.69, 9.17) is 4.74 Å². The van der Waals surface area contributed by atoms with Gasteiger partial charge in [0, 0.05) is 12.1 Å². The molecule has 2 atom stereocenters. The molecule has 102 valence electrons. The van der Waals surface area contributed by atoms with Gasteiger partial charge in [-0.05, 0) is 32.3 Å². The van der Waals surface area contributed by atoms with Crippen molar-refractivity contribution in [2.45, 2.75) is 38.9 Å². The van der Waals surface area contributed by atoms with Crippen LogP contribution in [0.1, 0.15) is 25.3 Å². The van der Waals surface area contributed by atoms with E-state index >= 15 is 0 Å². The molecule has 0 aromatic heterocycles. The highest BCUT2D eigenvalue weighted by atomic mass is 16.6. The number of carbonyl (C=O) groups is 1. The van der Waals surface area contributed by atoms with E-state index in [0.717, 1.165) is 12.0 Å². The van der Waals surface area contributed by atoms with Gasteiger partial charge in [-0.15, -0.1) is 0 Å². The highest BCUT2D eigenvalue weighted by Gasteiger charge is 2.28. The molecule has 2 rings (SSSR count). The standard InChI is InChI=1S/C13H16N2O4/c1-8-3-5-10(15(17)18)7-11(8)14-13(16)12-6-4-9(2)19-12/h3,5,7,9,12H,4,6H2,1-2H3,(H,14,16). The Labute approximate surface area is 110 Å². The molecule has 6 nitrogen and oxygen atoms in total. The van der Waals surface area contributed by atoms with Gasteiger partial charge in [0.2, 0.25) is 0 Å². The van der Waals surface area contributed by atoms with Gasteiger partial charge in [0.15, 0.2) is 0 Å². The van der Waals surface area contributed by atoms with Gasteiger partial charge in [0.05, 0.1) is 16.7 Å². The van der Waals surface area contributed by atoms with E-state index in [-0.39, 0.29) is 17.7 Å². The van der Waals surface area contributed by atoms with E-state index in [2.05, 4.69) is 5.32 Å². The van der Waals surface area contributed by atoms with Crippen LogP contribution in [0.4, 0.5) is 11.4 Å². The number of hydrogen-bond donors (Lipinski definition) is 1. The first kappa shape index (κ1) is 13.5. The van der Waals surface area contributed by atoms with Crippen molar-refractivity contribution in [2.24, 2.45) is 0 Å². The maximum absolute atomic E-state index is 12.0. The molecule has 6 heteroatoms. The first-order valence-corrected chi connectivity index (χ1v) is 6.18. The highest BCUT2D eigenvalue weighted by molar-refractivity contribution is 5.95. The van der Waals surface area contributed by atoms with Crippen LogP contribution in [0.3, 0.4) is 0 Å². The largest absolute Gasteiger partial charge is 0.365 e. The van der Waals surface area contributed by atoms with Crippen molar-refractivity contribution in [3.05, 3.63) is 33.9 Å². The highest BCUT2D eigenvalue weighted by Crippen LogP contribution is 2.24. The predicted octanol–water partition coefficient (Wildman–Crippen LogP) is 2.41. The Morgan fingerprint density at radius 3 is 2.79 bits per heavy atom. The molecule has 0 radical (unpaired) electrons. The van der Waals surface area contributed by atoms with Gasteiger partial charge in [-0.2, -0.15) is 0 Å². The van der Waals surface area contributed by atoms with Crippen molar-refractivity contribution < 1.29 is 14.5 Å². The van der Waals surface area contributed by atoms with Crippen molar-refractivity contribution >= 4 is 17.3 Å². The second-order valence-corrected chi connectivity index (χ2v) is 4.76. The summed E-state index contributed by atoms with van der Waals surface area (Å²) in [5, 5.41) is 13.4. The second-order valence-electron chi connectivity index (χ2n) is 4.76. The van der Waals surface area contributed by atoms with Crippen LogP contribution in [0, 0.1) is 17.0 Å². The van der Waals surface area contributed by atoms with Crippen LogP contribution in [0.2, 0.25) is 0 Å². The summed E-state index contributed by atoms with van der Waals surface area (Å²) >= 11 is 0. The van der Waals surface area contributed by atoms with Crippen LogP contribution in [0.25, 0.3) is 0 Å². The molecule has 1 aromatic rings. The van der Waals surface area contributed by atoms with Crippen LogP contribution >= 0.6 is 0 Å². The van der Waals surface area contributed by atoms with E-state index in [9.17, 15) is 14.9 Å².